The summed E-state index contributed by atoms with van der Waals surface area (Å²) in [7, 11) is 0. The van der Waals surface area contributed by atoms with Crippen molar-refractivity contribution in [1.82, 2.24) is 0 Å². The summed E-state index contributed by atoms with van der Waals surface area (Å²) in [5.41, 5.74) is 3.50. The highest BCUT2D eigenvalue weighted by molar-refractivity contribution is 7.99. The summed E-state index contributed by atoms with van der Waals surface area (Å²) in [6.45, 7) is 0. The van der Waals surface area contributed by atoms with Gasteiger partial charge in [-0.3, -0.25) is 0 Å². The molecule has 1 aliphatic rings. The van der Waals surface area contributed by atoms with Gasteiger partial charge in [0, 0.05) is 23.3 Å². The molecule has 0 aromatic heterocycles. The number of oxime groups is 1. The number of nitrogens with zero attached hydrogens (tertiary/aromatic N) is 1. The van der Waals surface area contributed by atoms with Gasteiger partial charge in [0.2, 0.25) is 0 Å². The highest BCUT2D eigenvalue weighted by Crippen LogP contribution is 2.48. The van der Waals surface area contributed by atoms with E-state index in [0.717, 1.165) is 18.6 Å². The third kappa shape index (κ3) is 2.88. The van der Waals surface area contributed by atoms with Gasteiger partial charge in [-0.1, -0.05) is 65.8 Å². The van der Waals surface area contributed by atoms with Gasteiger partial charge in [-0.25, -0.2) is 0 Å². The molecule has 1 N–H and O–H groups in total. The average Bonchev–Trinajstić information content (AvgIpc) is 2.56. The predicted molar refractivity (Wildman–Crippen MR) is 84.4 cm³/mol. The summed E-state index contributed by atoms with van der Waals surface area (Å²) in [5.74, 6) is 0. The van der Waals surface area contributed by atoms with Crippen LogP contribution in [-0.4, -0.2) is 10.9 Å². The van der Waals surface area contributed by atoms with Crippen molar-refractivity contribution in [2.75, 3.05) is 0 Å². The van der Waals surface area contributed by atoms with E-state index in [1.807, 2.05) is 23.9 Å². The summed E-state index contributed by atoms with van der Waals surface area (Å²) in [6, 6.07) is 20.9. The van der Waals surface area contributed by atoms with Crippen LogP contribution in [0.2, 0.25) is 0 Å². The fraction of sp³-hybridized carbons (Fsp3) is 0.235. The zero-order valence-corrected chi connectivity index (χ0v) is 12.0. The van der Waals surface area contributed by atoms with Crippen LogP contribution in [0.4, 0.5) is 0 Å². The molecule has 0 spiro atoms. The summed E-state index contributed by atoms with van der Waals surface area (Å²) >= 11 is 1.96. The van der Waals surface area contributed by atoms with Crippen molar-refractivity contribution in [3.8, 4) is 0 Å². The Morgan fingerprint density at radius 2 is 1.25 bits per heavy atom. The highest BCUT2D eigenvalue weighted by atomic mass is 32.2. The van der Waals surface area contributed by atoms with E-state index in [4.69, 9.17) is 0 Å². The Morgan fingerprint density at radius 3 is 1.65 bits per heavy atom. The van der Waals surface area contributed by atoms with Crippen LogP contribution in [0.1, 0.15) is 34.5 Å². The van der Waals surface area contributed by atoms with E-state index in [0.29, 0.717) is 10.5 Å². The lowest BCUT2D eigenvalue weighted by atomic mass is 10.00. The number of hydrogen-bond donors (Lipinski definition) is 1. The van der Waals surface area contributed by atoms with Crippen LogP contribution in [-0.2, 0) is 0 Å². The van der Waals surface area contributed by atoms with Gasteiger partial charge in [-0.2, -0.15) is 0 Å². The normalized spacial score (nSPS) is 24.7. The first kappa shape index (κ1) is 13.3. The van der Waals surface area contributed by atoms with Crippen LogP contribution in [0.15, 0.2) is 65.8 Å². The van der Waals surface area contributed by atoms with Gasteiger partial charge in [0.05, 0.1) is 5.71 Å². The topological polar surface area (TPSA) is 32.6 Å². The van der Waals surface area contributed by atoms with Crippen LogP contribution in [0.3, 0.4) is 0 Å². The first-order chi connectivity index (χ1) is 9.86. The molecule has 20 heavy (non-hydrogen) atoms. The van der Waals surface area contributed by atoms with Crippen molar-refractivity contribution < 1.29 is 5.21 Å². The minimum Gasteiger partial charge on any atom is -0.411 e. The maximum Gasteiger partial charge on any atom is 0.0599 e. The predicted octanol–water partition coefficient (Wildman–Crippen LogP) is 4.83. The Hall–Kier alpha value is -1.74. The summed E-state index contributed by atoms with van der Waals surface area (Å²) in [5, 5.41) is 13.4. The zero-order valence-electron chi connectivity index (χ0n) is 11.1. The molecular weight excluding hydrogens is 266 g/mol. The number of rotatable bonds is 2. The molecule has 2 atom stereocenters. The number of thioether (sulfide) groups is 1. The molecule has 1 heterocycles. The average molecular weight is 283 g/mol. The summed E-state index contributed by atoms with van der Waals surface area (Å²) < 4.78 is 0. The fourth-order valence-electron chi connectivity index (χ4n) is 2.62. The number of hydrogen-bond acceptors (Lipinski definition) is 3. The molecule has 2 aromatic carbocycles. The molecule has 0 aliphatic carbocycles. The minimum absolute atomic E-state index is 0.362. The van der Waals surface area contributed by atoms with Crippen molar-refractivity contribution in [2.45, 2.75) is 23.3 Å². The van der Waals surface area contributed by atoms with E-state index < -0.39 is 0 Å². The molecule has 0 radical (unpaired) electrons. The molecule has 102 valence electrons. The summed E-state index contributed by atoms with van der Waals surface area (Å²) in [4.78, 5) is 0. The Kier molecular flexibility index (Phi) is 4.07. The van der Waals surface area contributed by atoms with E-state index in [9.17, 15) is 5.21 Å². The van der Waals surface area contributed by atoms with E-state index >= 15 is 0 Å². The van der Waals surface area contributed by atoms with Crippen LogP contribution in [0, 0.1) is 0 Å². The van der Waals surface area contributed by atoms with Crippen LogP contribution in [0.5, 0.6) is 0 Å². The fourth-order valence-corrected chi connectivity index (χ4v) is 4.22. The van der Waals surface area contributed by atoms with E-state index in [1.165, 1.54) is 11.1 Å². The Morgan fingerprint density at radius 1 is 0.800 bits per heavy atom. The monoisotopic (exact) mass is 283 g/mol. The largest absolute Gasteiger partial charge is 0.411 e. The Labute approximate surface area is 123 Å². The van der Waals surface area contributed by atoms with Gasteiger partial charge in [-0.05, 0) is 11.1 Å². The third-order valence-electron chi connectivity index (χ3n) is 3.65. The van der Waals surface area contributed by atoms with E-state index in [-0.39, 0.29) is 0 Å². The van der Waals surface area contributed by atoms with Gasteiger partial charge < -0.3 is 5.21 Å². The quantitative estimate of drug-likeness (QED) is 0.632. The van der Waals surface area contributed by atoms with Gasteiger partial charge in [0.15, 0.2) is 0 Å². The molecule has 3 heteroatoms. The van der Waals surface area contributed by atoms with Gasteiger partial charge in [0.1, 0.15) is 0 Å². The first-order valence-corrected chi connectivity index (χ1v) is 7.76. The second kappa shape index (κ2) is 6.14. The minimum atomic E-state index is 0.362. The first-order valence-electron chi connectivity index (χ1n) is 6.82. The van der Waals surface area contributed by atoms with Crippen molar-refractivity contribution in [3.63, 3.8) is 0 Å². The molecule has 3 rings (SSSR count). The second-order valence-electron chi connectivity index (χ2n) is 5.01. The maximum absolute atomic E-state index is 9.20. The Balaban J connectivity index is 1.87. The standard InChI is InChI=1S/C17H17NOS/c19-18-15-11-16(13-7-3-1-4-8-13)20-17(12-15)14-9-5-2-6-10-14/h1-10,16-17,19H,11-12H2/t16-,17+. The van der Waals surface area contributed by atoms with Crippen LogP contribution >= 0.6 is 11.8 Å². The lowest BCUT2D eigenvalue weighted by Gasteiger charge is -2.30. The zero-order chi connectivity index (χ0) is 13.8. The third-order valence-corrected chi connectivity index (χ3v) is 5.19. The lowest BCUT2D eigenvalue weighted by molar-refractivity contribution is 0.315. The smallest absolute Gasteiger partial charge is 0.0599 e. The van der Waals surface area contributed by atoms with Crippen LogP contribution < -0.4 is 0 Å². The van der Waals surface area contributed by atoms with E-state index in [1.54, 1.807) is 0 Å². The SMILES string of the molecule is ON=C1C[C@@H](c2ccccc2)S[C@@H](c2ccccc2)C1. The molecule has 2 nitrogen and oxygen atoms in total. The molecule has 1 aliphatic heterocycles. The highest BCUT2D eigenvalue weighted by Gasteiger charge is 2.28. The second-order valence-corrected chi connectivity index (χ2v) is 6.42. The van der Waals surface area contributed by atoms with E-state index in [2.05, 4.69) is 53.7 Å². The Bertz CT molecular complexity index is 533. The van der Waals surface area contributed by atoms with Gasteiger partial charge >= 0.3 is 0 Å². The van der Waals surface area contributed by atoms with Crippen molar-refractivity contribution >= 4 is 17.5 Å². The van der Waals surface area contributed by atoms with Crippen molar-refractivity contribution in [1.29, 1.82) is 0 Å². The maximum atomic E-state index is 9.20. The molecular formula is C17H17NOS. The van der Waals surface area contributed by atoms with Crippen LogP contribution in [0.25, 0.3) is 0 Å². The molecule has 0 amide bonds. The molecule has 1 fully saturated rings. The van der Waals surface area contributed by atoms with Gasteiger partial charge in [0.25, 0.3) is 0 Å². The molecule has 0 unspecified atom stereocenters. The summed E-state index contributed by atoms with van der Waals surface area (Å²) in [6.07, 6.45) is 1.66. The molecule has 0 saturated carbocycles. The lowest BCUT2D eigenvalue weighted by Crippen LogP contribution is -2.16. The molecule has 2 aromatic rings. The van der Waals surface area contributed by atoms with Gasteiger partial charge in [-0.15, -0.1) is 11.8 Å². The van der Waals surface area contributed by atoms with Crippen molar-refractivity contribution in [2.24, 2.45) is 5.16 Å². The molecule has 1 saturated heterocycles. The molecule has 0 bridgehead atoms. The number of benzene rings is 2. The van der Waals surface area contributed by atoms with Crippen molar-refractivity contribution in [3.05, 3.63) is 71.8 Å².